The number of esters is 1. The number of nitrogens with zero attached hydrogens (tertiary/aromatic N) is 2. The zero-order chi connectivity index (χ0) is 16.9. The van der Waals surface area contributed by atoms with Gasteiger partial charge in [-0.25, -0.2) is 9.79 Å². The van der Waals surface area contributed by atoms with Gasteiger partial charge in [0.25, 0.3) is 0 Å². The van der Waals surface area contributed by atoms with E-state index in [0.717, 1.165) is 11.3 Å². The Morgan fingerprint density at radius 1 is 1.17 bits per heavy atom. The maximum Gasteiger partial charge on any atom is 0.363 e. The first-order chi connectivity index (χ1) is 11.7. The van der Waals surface area contributed by atoms with Crippen LogP contribution in [0.2, 0.25) is 0 Å². The van der Waals surface area contributed by atoms with Gasteiger partial charge >= 0.3 is 5.97 Å². The second-order valence-electron chi connectivity index (χ2n) is 5.03. The monoisotopic (exact) mass is 318 g/mol. The Balaban J connectivity index is 1.84. The Labute approximate surface area is 139 Å². The van der Waals surface area contributed by atoms with E-state index >= 15 is 0 Å². The van der Waals surface area contributed by atoms with Crippen molar-refractivity contribution in [2.75, 3.05) is 6.61 Å². The second kappa shape index (κ2) is 6.80. The van der Waals surface area contributed by atoms with E-state index < -0.39 is 5.97 Å². The van der Waals surface area contributed by atoms with E-state index in [4.69, 9.17) is 14.7 Å². The van der Waals surface area contributed by atoms with Gasteiger partial charge in [-0.1, -0.05) is 12.1 Å². The third-order valence-electron chi connectivity index (χ3n) is 3.38. The number of carbonyl (C=O) groups excluding carboxylic acids is 1. The van der Waals surface area contributed by atoms with Gasteiger partial charge in [0, 0.05) is 5.56 Å². The van der Waals surface area contributed by atoms with Crippen LogP contribution >= 0.6 is 0 Å². The van der Waals surface area contributed by atoms with Crippen LogP contribution < -0.4 is 4.74 Å². The smallest absolute Gasteiger partial charge is 0.363 e. The summed E-state index contributed by atoms with van der Waals surface area (Å²) in [6.45, 7) is 2.50. The first kappa shape index (κ1) is 15.5. The second-order valence-corrected chi connectivity index (χ2v) is 5.03. The molecule has 24 heavy (non-hydrogen) atoms. The van der Waals surface area contributed by atoms with Crippen molar-refractivity contribution in [1.82, 2.24) is 0 Å². The van der Waals surface area contributed by atoms with Crippen molar-refractivity contribution in [3.63, 3.8) is 0 Å². The van der Waals surface area contributed by atoms with Crippen LogP contribution in [-0.2, 0) is 9.53 Å². The fourth-order valence-corrected chi connectivity index (χ4v) is 2.20. The number of benzene rings is 2. The van der Waals surface area contributed by atoms with Crippen LogP contribution in [0.15, 0.2) is 59.2 Å². The number of carbonyl (C=O) groups is 1. The van der Waals surface area contributed by atoms with E-state index in [0.29, 0.717) is 17.7 Å². The summed E-state index contributed by atoms with van der Waals surface area (Å²) < 4.78 is 10.6. The van der Waals surface area contributed by atoms with Crippen molar-refractivity contribution < 1.29 is 14.3 Å². The first-order valence-electron chi connectivity index (χ1n) is 7.45. The van der Waals surface area contributed by atoms with Crippen LogP contribution in [0.25, 0.3) is 6.08 Å². The molecule has 0 aromatic heterocycles. The molecule has 1 heterocycles. The predicted octanol–water partition coefficient (Wildman–Crippen LogP) is 3.30. The van der Waals surface area contributed by atoms with Gasteiger partial charge in [0.1, 0.15) is 5.75 Å². The highest BCUT2D eigenvalue weighted by Gasteiger charge is 2.24. The highest BCUT2D eigenvalue weighted by molar-refractivity contribution is 6.12. The van der Waals surface area contributed by atoms with Crippen molar-refractivity contribution in [1.29, 1.82) is 5.26 Å². The van der Waals surface area contributed by atoms with Crippen molar-refractivity contribution in [3.05, 3.63) is 70.9 Å². The van der Waals surface area contributed by atoms with Crippen LogP contribution in [-0.4, -0.2) is 18.5 Å². The zero-order valence-electron chi connectivity index (χ0n) is 13.0. The molecule has 0 saturated carbocycles. The minimum absolute atomic E-state index is 0.226. The number of hydrogen-bond acceptors (Lipinski definition) is 5. The predicted molar refractivity (Wildman–Crippen MR) is 89.4 cm³/mol. The lowest BCUT2D eigenvalue weighted by molar-refractivity contribution is -0.129. The Kier molecular flexibility index (Phi) is 4.39. The van der Waals surface area contributed by atoms with Gasteiger partial charge < -0.3 is 9.47 Å². The lowest BCUT2D eigenvalue weighted by Gasteiger charge is -2.03. The standard InChI is InChI=1S/C19H14N2O3/c1-2-23-16-9-7-15(8-10-16)18-21-17(19(22)24-18)11-13-3-5-14(12-20)6-4-13/h3-11H,2H2,1H3/b17-11-. The molecule has 2 aromatic rings. The third kappa shape index (κ3) is 3.33. The molecule has 1 aliphatic heterocycles. The molecule has 0 amide bonds. The van der Waals surface area contributed by atoms with Gasteiger partial charge in [-0.3, -0.25) is 0 Å². The summed E-state index contributed by atoms with van der Waals surface area (Å²) in [6.07, 6.45) is 1.63. The number of cyclic esters (lactones) is 1. The van der Waals surface area contributed by atoms with Gasteiger partial charge in [-0.05, 0) is 55.0 Å². The average molecular weight is 318 g/mol. The van der Waals surface area contributed by atoms with Gasteiger partial charge in [0.05, 0.1) is 18.2 Å². The topological polar surface area (TPSA) is 71.7 Å². The van der Waals surface area contributed by atoms with Gasteiger partial charge in [-0.15, -0.1) is 0 Å². The Morgan fingerprint density at radius 2 is 1.88 bits per heavy atom. The van der Waals surface area contributed by atoms with E-state index in [-0.39, 0.29) is 11.6 Å². The van der Waals surface area contributed by atoms with E-state index in [2.05, 4.69) is 4.99 Å². The average Bonchev–Trinajstić information content (AvgIpc) is 2.97. The molecule has 0 N–H and O–H groups in total. The summed E-state index contributed by atoms with van der Waals surface area (Å²) in [7, 11) is 0. The molecule has 118 valence electrons. The molecule has 0 unspecified atom stereocenters. The van der Waals surface area contributed by atoms with E-state index in [9.17, 15) is 4.79 Å². The summed E-state index contributed by atoms with van der Waals surface area (Å²) in [5.41, 5.74) is 2.26. The molecule has 5 heteroatoms. The SMILES string of the molecule is CCOc1ccc(C2=N/C(=C\c3ccc(C#N)cc3)C(=O)O2)cc1. The Bertz CT molecular complexity index is 857. The lowest BCUT2D eigenvalue weighted by atomic mass is 10.1. The summed E-state index contributed by atoms with van der Waals surface area (Å²) in [6, 6.07) is 16.1. The molecule has 2 aromatic carbocycles. The van der Waals surface area contributed by atoms with Crippen molar-refractivity contribution in [2.45, 2.75) is 6.92 Å². The molecule has 0 aliphatic carbocycles. The normalized spacial score (nSPS) is 14.9. The van der Waals surface area contributed by atoms with Crippen molar-refractivity contribution in [3.8, 4) is 11.8 Å². The minimum atomic E-state index is -0.497. The van der Waals surface area contributed by atoms with Gasteiger partial charge in [0.15, 0.2) is 5.70 Å². The number of aliphatic imine (C=N–C) groups is 1. The number of hydrogen-bond donors (Lipinski definition) is 0. The largest absolute Gasteiger partial charge is 0.494 e. The molecular formula is C19H14N2O3. The molecule has 1 aliphatic rings. The number of rotatable bonds is 4. The summed E-state index contributed by atoms with van der Waals surface area (Å²) in [5, 5.41) is 8.80. The quantitative estimate of drug-likeness (QED) is 0.640. The summed E-state index contributed by atoms with van der Waals surface area (Å²) >= 11 is 0. The van der Waals surface area contributed by atoms with E-state index in [1.165, 1.54) is 0 Å². The first-order valence-corrected chi connectivity index (χ1v) is 7.45. The Morgan fingerprint density at radius 3 is 2.50 bits per heavy atom. The third-order valence-corrected chi connectivity index (χ3v) is 3.38. The van der Waals surface area contributed by atoms with E-state index in [1.54, 1.807) is 54.6 Å². The van der Waals surface area contributed by atoms with Crippen molar-refractivity contribution in [2.24, 2.45) is 4.99 Å². The Hall–Kier alpha value is -3.39. The van der Waals surface area contributed by atoms with Gasteiger partial charge in [-0.2, -0.15) is 5.26 Å². The molecule has 0 spiro atoms. The molecule has 0 fully saturated rings. The molecule has 0 atom stereocenters. The fraction of sp³-hybridized carbons (Fsp3) is 0.105. The van der Waals surface area contributed by atoms with Crippen molar-refractivity contribution >= 4 is 17.9 Å². The van der Waals surface area contributed by atoms with E-state index in [1.807, 2.05) is 13.0 Å². The minimum Gasteiger partial charge on any atom is -0.494 e. The molecule has 3 rings (SSSR count). The number of nitriles is 1. The van der Waals surface area contributed by atoms with Crippen LogP contribution in [0.1, 0.15) is 23.6 Å². The van der Waals surface area contributed by atoms with Gasteiger partial charge in [0.2, 0.25) is 5.90 Å². The van der Waals surface area contributed by atoms with Crippen LogP contribution in [0.4, 0.5) is 0 Å². The molecule has 0 bridgehead atoms. The zero-order valence-corrected chi connectivity index (χ0v) is 13.0. The van der Waals surface area contributed by atoms with Crippen LogP contribution in [0.3, 0.4) is 0 Å². The molecule has 5 nitrogen and oxygen atoms in total. The molecular weight excluding hydrogens is 304 g/mol. The highest BCUT2D eigenvalue weighted by atomic mass is 16.6. The van der Waals surface area contributed by atoms with Crippen LogP contribution in [0.5, 0.6) is 5.75 Å². The molecule has 0 saturated heterocycles. The summed E-state index contributed by atoms with van der Waals surface area (Å²) in [5.74, 6) is 0.519. The van der Waals surface area contributed by atoms with Crippen LogP contribution in [0, 0.1) is 11.3 Å². The maximum absolute atomic E-state index is 12.0. The lowest BCUT2D eigenvalue weighted by Crippen LogP contribution is -2.05. The fourth-order valence-electron chi connectivity index (χ4n) is 2.20. The molecule has 0 radical (unpaired) electrons. The highest BCUT2D eigenvalue weighted by Crippen LogP contribution is 2.21. The summed E-state index contributed by atoms with van der Waals surface area (Å²) in [4.78, 5) is 16.2. The maximum atomic E-state index is 12.0. The number of ether oxygens (including phenoxy) is 2.